The van der Waals surface area contributed by atoms with Crippen LogP contribution in [0.5, 0.6) is 0 Å². The molecule has 0 aromatic carbocycles. The lowest BCUT2D eigenvalue weighted by atomic mass is 10.2. The van der Waals surface area contributed by atoms with E-state index in [2.05, 4.69) is 31.9 Å². The molecule has 1 unspecified atom stereocenters. The molecule has 4 aliphatic rings. The molecule has 1 atom stereocenters. The zero-order valence-corrected chi connectivity index (χ0v) is 19.8. The minimum absolute atomic E-state index is 0.107. The lowest BCUT2D eigenvalue weighted by molar-refractivity contribution is 0.0841. The minimum Gasteiger partial charge on any atom is -0.463 e. The number of carbonyl (C=O) groups is 1. The number of aromatic nitrogens is 1. The molecule has 2 aromatic rings. The van der Waals surface area contributed by atoms with Crippen LogP contribution in [0, 0.1) is 6.92 Å². The molecule has 2 N–H and O–H groups in total. The van der Waals surface area contributed by atoms with Crippen molar-refractivity contribution in [2.45, 2.75) is 13.2 Å². The van der Waals surface area contributed by atoms with Crippen LogP contribution in [0.3, 0.4) is 0 Å². The van der Waals surface area contributed by atoms with E-state index in [0.29, 0.717) is 29.5 Å². The van der Waals surface area contributed by atoms with Crippen molar-refractivity contribution in [1.29, 1.82) is 0 Å². The highest BCUT2D eigenvalue weighted by molar-refractivity contribution is 6.12. The van der Waals surface area contributed by atoms with Crippen LogP contribution in [0.2, 0.25) is 0 Å². The number of nitrogens with two attached hydrogens (primary N) is 1. The fraction of sp³-hybridized carbons (Fsp3) is 0.391. The monoisotopic (exact) mass is 476 g/mol. The van der Waals surface area contributed by atoms with Crippen molar-refractivity contribution in [1.82, 2.24) is 29.8 Å². The van der Waals surface area contributed by atoms with E-state index in [0.717, 1.165) is 44.1 Å². The van der Waals surface area contributed by atoms with Gasteiger partial charge in [-0.25, -0.2) is 40.6 Å². The highest BCUT2D eigenvalue weighted by Crippen LogP contribution is 2.38. The van der Waals surface area contributed by atoms with Crippen LogP contribution in [0.25, 0.3) is 5.70 Å². The van der Waals surface area contributed by atoms with Gasteiger partial charge in [0.05, 0.1) is 6.26 Å². The molecular formula is C23H28N10O2. The summed E-state index contributed by atoms with van der Waals surface area (Å²) in [6.45, 7) is 6.99. The third kappa shape index (κ3) is 3.61. The van der Waals surface area contributed by atoms with E-state index in [1.807, 2.05) is 24.2 Å². The molecular weight excluding hydrogens is 448 g/mol. The number of urea groups is 1. The van der Waals surface area contributed by atoms with E-state index in [9.17, 15) is 4.79 Å². The lowest BCUT2D eigenvalue weighted by Gasteiger charge is -2.36. The molecule has 2 saturated heterocycles. The number of amidine groups is 1. The predicted octanol–water partition coefficient (Wildman–Crippen LogP) is 0.972. The summed E-state index contributed by atoms with van der Waals surface area (Å²) < 4.78 is 5.58. The van der Waals surface area contributed by atoms with Gasteiger partial charge in [0.2, 0.25) is 6.29 Å². The van der Waals surface area contributed by atoms with Gasteiger partial charge < -0.3 is 9.32 Å². The van der Waals surface area contributed by atoms with E-state index in [-0.39, 0.29) is 6.03 Å². The summed E-state index contributed by atoms with van der Waals surface area (Å²) in [7, 11) is 1.74. The highest BCUT2D eigenvalue weighted by Gasteiger charge is 2.51. The van der Waals surface area contributed by atoms with Crippen molar-refractivity contribution in [3.8, 4) is 0 Å². The predicted molar refractivity (Wildman–Crippen MR) is 131 cm³/mol. The number of furan rings is 1. The van der Waals surface area contributed by atoms with Gasteiger partial charge >= 0.3 is 6.03 Å². The molecule has 4 aliphatic heterocycles. The maximum absolute atomic E-state index is 13.2. The first kappa shape index (κ1) is 21.6. The highest BCUT2D eigenvalue weighted by atomic mass is 16.3. The standard InChI is InChI=1S/C23H28N10O2/c1-16-5-6-18(25-14-16)30-10-7-29(8-11-30)9-12-31-22-27-21-20(33(22)28(2)23(31)34)19(26-15-32(21)24)17-4-3-13-35-17/h3-6,13-15,22H,7-12,24H2,1-2H3. The van der Waals surface area contributed by atoms with Crippen LogP contribution in [0.1, 0.15) is 11.3 Å². The number of nitrogens with zero attached hydrogens (tertiary/aromatic N) is 9. The van der Waals surface area contributed by atoms with Crippen LogP contribution in [0.15, 0.2) is 56.8 Å². The second kappa shape index (κ2) is 8.40. The van der Waals surface area contributed by atoms with Crippen LogP contribution in [-0.2, 0) is 0 Å². The molecule has 6 heterocycles. The van der Waals surface area contributed by atoms with E-state index in [1.54, 1.807) is 29.3 Å². The molecule has 0 aliphatic carbocycles. The van der Waals surface area contributed by atoms with Crippen molar-refractivity contribution < 1.29 is 9.21 Å². The number of aliphatic imine (C=N–C) groups is 2. The van der Waals surface area contributed by atoms with Gasteiger partial charge in [-0.3, -0.25) is 9.80 Å². The normalized spacial score (nSPS) is 22.4. The quantitative estimate of drug-likeness (QED) is 0.636. The van der Waals surface area contributed by atoms with Gasteiger partial charge in [-0.2, -0.15) is 0 Å². The number of piperazine rings is 1. The Kier molecular flexibility index (Phi) is 5.19. The van der Waals surface area contributed by atoms with Crippen molar-refractivity contribution in [2.24, 2.45) is 15.8 Å². The fourth-order valence-corrected chi connectivity index (χ4v) is 4.87. The number of hydrogen-bond acceptors (Lipinski definition) is 10. The van der Waals surface area contributed by atoms with Gasteiger partial charge in [0.25, 0.3) is 0 Å². The summed E-state index contributed by atoms with van der Waals surface area (Å²) in [5.41, 5.74) is 2.42. The Morgan fingerprint density at radius 2 is 1.97 bits per heavy atom. The number of hydrazine groups is 2. The van der Waals surface area contributed by atoms with Crippen LogP contribution < -0.4 is 10.7 Å². The number of carbonyl (C=O) groups excluding carboxylic acids is 1. The molecule has 2 fully saturated rings. The van der Waals surface area contributed by atoms with Crippen LogP contribution >= 0.6 is 0 Å². The topological polar surface area (TPSA) is 113 Å². The summed E-state index contributed by atoms with van der Waals surface area (Å²) in [4.78, 5) is 33.5. The Hall–Kier alpha value is -3.90. The number of fused-ring (bicyclic) bond motifs is 3. The van der Waals surface area contributed by atoms with Crippen LogP contribution in [-0.4, -0.2) is 101 Å². The maximum Gasteiger partial charge on any atom is 0.341 e. The smallest absolute Gasteiger partial charge is 0.341 e. The number of aryl methyl sites for hydroxylation is 1. The Morgan fingerprint density at radius 3 is 2.69 bits per heavy atom. The second-order valence-electron chi connectivity index (χ2n) is 8.99. The summed E-state index contributed by atoms with van der Waals surface area (Å²) in [6, 6.07) is 7.70. The Bertz CT molecular complexity index is 1200. The Morgan fingerprint density at radius 1 is 1.14 bits per heavy atom. The first-order valence-electron chi connectivity index (χ1n) is 11.7. The molecule has 35 heavy (non-hydrogen) atoms. The number of pyridine rings is 1. The molecule has 12 nitrogen and oxygen atoms in total. The Balaban J connectivity index is 1.15. The molecule has 182 valence electrons. The van der Waals surface area contributed by atoms with Crippen molar-refractivity contribution >= 4 is 29.7 Å². The molecule has 2 amide bonds. The average Bonchev–Trinajstić information content (AvgIpc) is 3.58. The number of rotatable bonds is 5. The van der Waals surface area contributed by atoms with Gasteiger partial charge in [-0.15, -0.1) is 0 Å². The Labute approximate surface area is 203 Å². The third-order valence-corrected chi connectivity index (χ3v) is 6.81. The summed E-state index contributed by atoms with van der Waals surface area (Å²) in [5.74, 6) is 8.31. The second-order valence-corrected chi connectivity index (χ2v) is 8.99. The zero-order chi connectivity index (χ0) is 24.1. The van der Waals surface area contributed by atoms with E-state index in [4.69, 9.17) is 15.3 Å². The molecule has 0 radical (unpaired) electrons. The van der Waals surface area contributed by atoms with Crippen molar-refractivity contribution in [2.75, 3.05) is 51.2 Å². The maximum atomic E-state index is 13.2. The van der Waals surface area contributed by atoms with Gasteiger partial charge in [-0.05, 0) is 30.7 Å². The number of anilines is 1. The summed E-state index contributed by atoms with van der Waals surface area (Å²) >= 11 is 0. The molecule has 6 rings (SSSR count). The summed E-state index contributed by atoms with van der Waals surface area (Å²) in [5, 5.41) is 4.80. The molecule has 0 bridgehead atoms. The number of hydrogen-bond donors (Lipinski definition) is 1. The lowest BCUT2D eigenvalue weighted by Crippen LogP contribution is -2.49. The van der Waals surface area contributed by atoms with E-state index < -0.39 is 6.29 Å². The van der Waals surface area contributed by atoms with E-state index >= 15 is 0 Å². The third-order valence-electron chi connectivity index (χ3n) is 6.81. The van der Waals surface area contributed by atoms with Gasteiger partial charge in [0.1, 0.15) is 23.6 Å². The van der Waals surface area contributed by atoms with Crippen LogP contribution in [0.4, 0.5) is 10.6 Å². The average molecular weight is 477 g/mol. The van der Waals surface area contributed by atoms with Gasteiger partial charge in [-0.1, -0.05) is 6.07 Å². The molecule has 0 saturated carbocycles. The zero-order valence-electron chi connectivity index (χ0n) is 19.8. The largest absolute Gasteiger partial charge is 0.463 e. The molecule has 2 aromatic heterocycles. The van der Waals surface area contributed by atoms with E-state index in [1.165, 1.54) is 11.3 Å². The first-order chi connectivity index (χ1) is 17.0. The molecule has 12 heteroatoms. The van der Waals surface area contributed by atoms with Gasteiger partial charge in [0.15, 0.2) is 11.6 Å². The molecule has 0 spiro atoms. The first-order valence-corrected chi connectivity index (χ1v) is 11.7. The number of amides is 2. The van der Waals surface area contributed by atoms with Gasteiger partial charge in [0, 0.05) is 52.5 Å². The fourth-order valence-electron chi connectivity index (χ4n) is 4.87. The summed E-state index contributed by atoms with van der Waals surface area (Å²) in [6.07, 6.45) is 4.50. The van der Waals surface area contributed by atoms with Crippen molar-refractivity contribution in [3.05, 3.63) is 53.7 Å². The van der Waals surface area contributed by atoms with Crippen molar-refractivity contribution in [3.63, 3.8) is 0 Å². The SMILES string of the molecule is Cc1ccc(N2CCN(CCN3C(=O)N(C)N4C5=C(c6ccco6)N=CN(N)C5=NC34)CC2)nc1. The minimum atomic E-state index is -0.506.